The Morgan fingerprint density at radius 1 is 1.33 bits per heavy atom. The van der Waals surface area contributed by atoms with Crippen LogP contribution in [0.4, 0.5) is 0 Å². The van der Waals surface area contributed by atoms with E-state index in [4.69, 9.17) is 11.6 Å². The van der Waals surface area contributed by atoms with Gasteiger partial charge in [-0.25, -0.2) is 0 Å². The highest BCUT2D eigenvalue weighted by atomic mass is 35.5. The molecule has 0 bridgehead atoms. The van der Waals surface area contributed by atoms with Crippen LogP contribution in [0.3, 0.4) is 0 Å². The van der Waals surface area contributed by atoms with Crippen molar-refractivity contribution in [3.63, 3.8) is 0 Å². The zero-order chi connectivity index (χ0) is 13.1. The highest BCUT2D eigenvalue weighted by Crippen LogP contribution is 2.27. The van der Waals surface area contributed by atoms with Crippen molar-refractivity contribution in [1.29, 1.82) is 0 Å². The molecule has 1 saturated heterocycles. The topological polar surface area (TPSA) is 49.4 Å². The molecule has 0 aromatic rings. The molecule has 5 heteroatoms. The molecule has 100 valence electrons. The van der Waals surface area contributed by atoms with Crippen LogP contribution in [0.2, 0.25) is 0 Å². The van der Waals surface area contributed by atoms with Crippen molar-refractivity contribution in [2.45, 2.75) is 50.6 Å². The van der Waals surface area contributed by atoms with E-state index in [2.05, 4.69) is 11.9 Å². The summed E-state index contributed by atoms with van der Waals surface area (Å²) in [7, 11) is 0. The fourth-order valence-corrected chi connectivity index (χ4v) is 2.84. The number of halogens is 1. The monoisotopic (exact) mass is 270 g/mol. The van der Waals surface area contributed by atoms with Crippen LogP contribution in [-0.4, -0.2) is 35.3 Å². The van der Waals surface area contributed by atoms with Gasteiger partial charge in [0.1, 0.15) is 0 Å². The lowest BCUT2D eigenvalue weighted by Gasteiger charge is -2.29. The third-order valence-electron chi connectivity index (χ3n) is 3.66. The first kappa shape index (κ1) is 13.6. The van der Waals surface area contributed by atoms with Gasteiger partial charge in [0.2, 0.25) is 11.8 Å². The van der Waals surface area contributed by atoms with Crippen LogP contribution >= 0.6 is 11.6 Å². The summed E-state index contributed by atoms with van der Waals surface area (Å²) in [5, 5.41) is 3.44. The van der Waals surface area contributed by atoms with Gasteiger partial charge in [-0.05, 0) is 12.8 Å². The van der Waals surface area contributed by atoms with Crippen LogP contribution in [0.1, 0.15) is 38.5 Å². The molecule has 1 heterocycles. The molecule has 2 amide bonds. The van der Waals surface area contributed by atoms with Gasteiger partial charge in [-0.15, -0.1) is 0 Å². The molecule has 18 heavy (non-hydrogen) atoms. The van der Waals surface area contributed by atoms with Crippen LogP contribution in [0, 0.1) is 0 Å². The number of hydrogen-bond acceptors (Lipinski definition) is 3. The number of likely N-dealkylation sites (tertiary alicyclic amines) is 1. The Labute approximate surface area is 112 Å². The van der Waals surface area contributed by atoms with Gasteiger partial charge < -0.3 is 5.32 Å². The van der Waals surface area contributed by atoms with Crippen molar-refractivity contribution in [1.82, 2.24) is 10.2 Å². The predicted molar refractivity (Wildman–Crippen MR) is 70.1 cm³/mol. The van der Waals surface area contributed by atoms with E-state index in [0.29, 0.717) is 11.6 Å². The fourth-order valence-electron chi connectivity index (χ4n) is 2.77. The number of carbonyl (C=O) groups excluding carboxylic acids is 2. The quantitative estimate of drug-likeness (QED) is 0.793. The van der Waals surface area contributed by atoms with Crippen molar-refractivity contribution in [3.8, 4) is 0 Å². The third-order valence-corrected chi connectivity index (χ3v) is 3.80. The van der Waals surface area contributed by atoms with E-state index < -0.39 is 6.04 Å². The minimum atomic E-state index is -0.421. The first-order valence-electron chi connectivity index (χ1n) is 6.52. The van der Waals surface area contributed by atoms with Gasteiger partial charge in [-0.1, -0.05) is 37.4 Å². The van der Waals surface area contributed by atoms with Gasteiger partial charge in [0, 0.05) is 17.6 Å². The SMILES string of the molecule is C=C(Cl)CNC1CC(=O)N(C2CCCCC2)C1=O. The molecule has 0 radical (unpaired) electrons. The Hall–Kier alpha value is -0.870. The lowest BCUT2D eigenvalue weighted by Crippen LogP contribution is -2.44. The van der Waals surface area contributed by atoms with Crippen LogP contribution in [0.25, 0.3) is 0 Å². The molecule has 2 aliphatic rings. The lowest BCUT2D eigenvalue weighted by molar-refractivity contribution is -0.142. The van der Waals surface area contributed by atoms with Gasteiger partial charge in [0.05, 0.1) is 12.5 Å². The van der Waals surface area contributed by atoms with E-state index in [0.717, 1.165) is 25.7 Å². The van der Waals surface area contributed by atoms with Crippen molar-refractivity contribution in [2.24, 2.45) is 0 Å². The Balaban J connectivity index is 1.97. The molecule has 2 fully saturated rings. The minimum absolute atomic E-state index is 0.0513. The number of nitrogens with zero attached hydrogens (tertiary/aromatic N) is 1. The van der Waals surface area contributed by atoms with Crippen LogP contribution < -0.4 is 5.32 Å². The summed E-state index contributed by atoms with van der Waals surface area (Å²) in [4.78, 5) is 25.6. The van der Waals surface area contributed by atoms with E-state index in [1.807, 2.05) is 0 Å². The Bertz CT molecular complexity index is 364. The smallest absolute Gasteiger partial charge is 0.247 e. The van der Waals surface area contributed by atoms with E-state index in [1.54, 1.807) is 0 Å². The average molecular weight is 271 g/mol. The number of imide groups is 1. The summed E-state index contributed by atoms with van der Waals surface area (Å²) in [5.41, 5.74) is 0. The molecule has 0 spiro atoms. The summed E-state index contributed by atoms with van der Waals surface area (Å²) in [6.45, 7) is 3.93. The largest absolute Gasteiger partial charge is 0.300 e. The van der Waals surface area contributed by atoms with Gasteiger partial charge in [-0.2, -0.15) is 0 Å². The van der Waals surface area contributed by atoms with Gasteiger partial charge in [0.15, 0.2) is 0 Å². The maximum atomic E-state index is 12.2. The maximum absolute atomic E-state index is 12.2. The molecule has 0 aromatic heterocycles. The van der Waals surface area contributed by atoms with Gasteiger partial charge in [0.25, 0.3) is 0 Å². The van der Waals surface area contributed by atoms with Crippen molar-refractivity contribution in [2.75, 3.05) is 6.54 Å². The molecule has 1 saturated carbocycles. The number of rotatable bonds is 4. The Kier molecular flexibility index (Phi) is 4.40. The summed E-state index contributed by atoms with van der Waals surface area (Å²) < 4.78 is 0. The number of amides is 2. The van der Waals surface area contributed by atoms with Crippen LogP contribution in [0.5, 0.6) is 0 Å². The summed E-state index contributed by atoms with van der Waals surface area (Å²) in [6.07, 6.45) is 5.58. The second kappa shape index (κ2) is 5.85. The molecular weight excluding hydrogens is 252 g/mol. The van der Waals surface area contributed by atoms with E-state index in [-0.39, 0.29) is 24.3 Å². The molecule has 1 aliphatic heterocycles. The Morgan fingerprint density at radius 2 is 2.00 bits per heavy atom. The molecule has 2 rings (SSSR count). The van der Waals surface area contributed by atoms with Crippen LogP contribution in [-0.2, 0) is 9.59 Å². The van der Waals surface area contributed by atoms with Crippen molar-refractivity contribution < 1.29 is 9.59 Å². The Morgan fingerprint density at radius 3 is 2.61 bits per heavy atom. The van der Waals surface area contributed by atoms with Crippen LogP contribution in [0.15, 0.2) is 11.6 Å². The summed E-state index contributed by atoms with van der Waals surface area (Å²) >= 11 is 5.66. The molecule has 1 aliphatic carbocycles. The van der Waals surface area contributed by atoms with E-state index >= 15 is 0 Å². The number of carbonyl (C=O) groups is 2. The zero-order valence-corrected chi connectivity index (χ0v) is 11.2. The normalized spacial score (nSPS) is 25.8. The third kappa shape index (κ3) is 2.93. The second-order valence-corrected chi connectivity index (χ2v) is 5.58. The molecule has 4 nitrogen and oxygen atoms in total. The minimum Gasteiger partial charge on any atom is -0.300 e. The van der Waals surface area contributed by atoms with Crippen molar-refractivity contribution in [3.05, 3.63) is 11.6 Å². The van der Waals surface area contributed by atoms with Gasteiger partial charge >= 0.3 is 0 Å². The zero-order valence-electron chi connectivity index (χ0n) is 10.5. The first-order valence-corrected chi connectivity index (χ1v) is 6.90. The fraction of sp³-hybridized carbons (Fsp3) is 0.692. The van der Waals surface area contributed by atoms with E-state index in [1.165, 1.54) is 11.3 Å². The maximum Gasteiger partial charge on any atom is 0.247 e. The summed E-state index contributed by atoms with van der Waals surface area (Å²) in [6, 6.07) is -0.306. The highest BCUT2D eigenvalue weighted by Gasteiger charge is 2.42. The molecule has 1 N–H and O–H groups in total. The standard InChI is InChI=1S/C13H19ClN2O2/c1-9(14)8-15-11-7-12(17)16(13(11)18)10-5-3-2-4-6-10/h10-11,15H,1-8H2. The second-order valence-electron chi connectivity index (χ2n) is 5.05. The van der Waals surface area contributed by atoms with E-state index in [9.17, 15) is 9.59 Å². The average Bonchev–Trinajstić information content (AvgIpc) is 2.63. The molecular formula is C13H19ClN2O2. The first-order chi connectivity index (χ1) is 8.59. The van der Waals surface area contributed by atoms with Gasteiger partial charge in [-0.3, -0.25) is 14.5 Å². The predicted octanol–water partition coefficient (Wildman–Crippen LogP) is 1.79. The molecule has 1 unspecified atom stereocenters. The molecule has 0 aromatic carbocycles. The summed E-state index contributed by atoms with van der Waals surface area (Å²) in [5.74, 6) is -0.144. The van der Waals surface area contributed by atoms with Crippen molar-refractivity contribution >= 4 is 23.4 Å². The molecule has 1 atom stereocenters. The highest BCUT2D eigenvalue weighted by molar-refractivity contribution is 6.29. The number of hydrogen-bond donors (Lipinski definition) is 1. The lowest BCUT2D eigenvalue weighted by atomic mass is 9.94. The number of nitrogens with one attached hydrogen (secondary N) is 1.